The summed E-state index contributed by atoms with van der Waals surface area (Å²) < 4.78 is 13.2. The fourth-order valence-electron chi connectivity index (χ4n) is 3.49. The third-order valence-corrected chi connectivity index (χ3v) is 6.29. The summed E-state index contributed by atoms with van der Waals surface area (Å²) in [5, 5.41) is 15.9. The fourth-order valence-corrected chi connectivity index (χ4v) is 4.51. The zero-order valence-electron chi connectivity index (χ0n) is 20.0. The molecule has 2 aromatic heterocycles. The molecule has 3 heterocycles. The lowest BCUT2D eigenvalue weighted by Crippen LogP contribution is -2.24. The zero-order chi connectivity index (χ0) is 24.5. The van der Waals surface area contributed by atoms with Crippen LogP contribution in [0, 0.1) is 6.92 Å². The highest BCUT2D eigenvalue weighted by molar-refractivity contribution is 7.99. The van der Waals surface area contributed by atoms with Crippen molar-refractivity contribution in [2.45, 2.75) is 50.2 Å². The van der Waals surface area contributed by atoms with Crippen LogP contribution in [-0.2, 0) is 11.3 Å². The normalized spacial score (nSPS) is 11.8. The third kappa shape index (κ3) is 5.91. The van der Waals surface area contributed by atoms with Crippen molar-refractivity contribution in [3.63, 3.8) is 0 Å². The molecule has 0 atom stereocenters. The molecule has 0 aliphatic carbocycles. The maximum absolute atomic E-state index is 11.1. The molecular formula is C23H32N6O4S. The quantitative estimate of drug-likeness (QED) is 0.193. The number of nitrogens with zero attached hydrogens (tertiary/aromatic N) is 3. The van der Waals surface area contributed by atoms with Crippen LogP contribution in [0.5, 0.6) is 11.5 Å². The van der Waals surface area contributed by atoms with Crippen LogP contribution in [0.2, 0.25) is 0 Å². The van der Waals surface area contributed by atoms with Crippen molar-refractivity contribution >= 4 is 34.5 Å². The first kappa shape index (κ1) is 25.6. The summed E-state index contributed by atoms with van der Waals surface area (Å²) >= 11 is 1.58. The van der Waals surface area contributed by atoms with Gasteiger partial charge in [-0.05, 0) is 43.7 Å². The Bertz CT molecular complexity index is 1120. The molecule has 0 fully saturated rings. The summed E-state index contributed by atoms with van der Waals surface area (Å²) in [5.74, 6) is 1.86. The SMILES string of the molecule is CC.CNc1nccc2c1nc(Sc1cc3c(cc1C)OCO3)n2CCNCCCC(=O)NO. The zero-order valence-corrected chi connectivity index (χ0v) is 20.8. The number of hydrogen-bond acceptors (Lipinski definition) is 9. The van der Waals surface area contributed by atoms with Crippen molar-refractivity contribution in [2.75, 3.05) is 32.2 Å². The Kier molecular flexibility index (Phi) is 9.37. The number of ether oxygens (including phenoxy) is 2. The van der Waals surface area contributed by atoms with Gasteiger partial charge >= 0.3 is 0 Å². The molecule has 0 bridgehead atoms. The Labute approximate surface area is 203 Å². The van der Waals surface area contributed by atoms with E-state index >= 15 is 0 Å². The van der Waals surface area contributed by atoms with E-state index in [4.69, 9.17) is 19.7 Å². The number of imidazole rings is 1. The number of hydrogen-bond donors (Lipinski definition) is 4. The lowest BCUT2D eigenvalue weighted by molar-refractivity contribution is -0.129. The Morgan fingerprint density at radius 1 is 1.24 bits per heavy atom. The van der Waals surface area contributed by atoms with E-state index in [2.05, 4.69) is 20.2 Å². The van der Waals surface area contributed by atoms with Crippen LogP contribution in [-0.4, -0.2) is 52.6 Å². The van der Waals surface area contributed by atoms with Crippen molar-refractivity contribution in [1.82, 2.24) is 25.3 Å². The molecule has 0 spiro atoms. The monoisotopic (exact) mass is 488 g/mol. The van der Waals surface area contributed by atoms with Crippen LogP contribution >= 0.6 is 11.8 Å². The molecule has 4 N–H and O–H groups in total. The largest absolute Gasteiger partial charge is 0.454 e. The lowest BCUT2D eigenvalue weighted by Gasteiger charge is -2.11. The molecule has 11 heteroatoms. The average Bonchev–Trinajstić information content (AvgIpc) is 3.46. The number of rotatable bonds is 10. The number of pyridine rings is 1. The van der Waals surface area contributed by atoms with Gasteiger partial charge in [-0.3, -0.25) is 10.0 Å². The summed E-state index contributed by atoms with van der Waals surface area (Å²) in [7, 11) is 1.83. The van der Waals surface area contributed by atoms with Crippen LogP contribution in [0.25, 0.3) is 11.0 Å². The average molecular weight is 489 g/mol. The maximum Gasteiger partial charge on any atom is 0.243 e. The topological polar surface area (TPSA) is 123 Å². The summed E-state index contributed by atoms with van der Waals surface area (Å²) in [4.78, 5) is 21.4. The molecule has 10 nitrogen and oxygen atoms in total. The second kappa shape index (κ2) is 12.4. The van der Waals surface area contributed by atoms with Gasteiger partial charge < -0.3 is 24.7 Å². The summed E-state index contributed by atoms with van der Waals surface area (Å²) in [6, 6.07) is 5.95. The van der Waals surface area contributed by atoms with Gasteiger partial charge in [-0.2, -0.15) is 0 Å². The lowest BCUT2D eigenvalue weighted by atomic mass is 10.2. The second-order valence-corrected chi connectivity index (χ2v) is 8.29. The van der Waals surface area contributed by atoms with Gasteiger partial charge in [0.25, 0.3) is 0 Å². The van der Waals surface area contributed by atoms with Crippen molar-refractivity contribution in [2.24, 2.45) is 0 Å². The van der Waals surface area contributed by atoms with Crippen molar-refractivity contribution in [3.8, 4) is 11.5 Å². The van der Waals surface area contributed by atoms with Crippen LogP contribution in [0.4, 0.5) is 5.82 Å². The summed E-state index contributed by atoms with van der Waals surface area (Å²) in [6.45, 7) is 8.36. The highest BCUT2D eigenvalue weighted by Gasteiger charge is 2.20. The van der Waals surface area contributed by atoms with Crippen molar-refractivity contribution < 1.29 is 19.5 Å². The number of carbonyl (C=O) groups is 1. The third-order valence-electron chi connectivity index (χ3n) is 5.13. The molecule has 4 rings (SSSR count). The van der Waals surface area contributed by atoms with E-state index in [0.717, 1.165) is 44.0 Å². The molecule has 0 radical (unpaired) electrons. The smallest absolute Gasteiger partial charge is 0.243 e. The van der Waals surface area contributed by atoms with Crippen LogP contribution in [0.3, 0.4) is 0 Å². The molecular weight excluding hydrogens is 456 g/mol. The van der Waals surface area contributed by atoms with Crippen LogP contribution < -0.4 is 25.6 Å². The Morgan fingerprint density at radius 2 is 2.00 bits per heavy atom. The van der Waals surface area contributed by atoms with Crippen LogP contribution in [0.1, 0.15) is 32.3 Å². The Balaban J connectivity index is 0.00000158. The standard InChI is InChI=1S/C21H26N6O4S.C2H6/c1-13-10-15-16(31-12-30-15)11-17(13)32-21-25-19-14(5-7-24-20(19)22-2)27(21)9-8-23-6-3-4-18(28)26-29;1-2/h5,7,10-11,23,29H,3-4,6,8-9,12H2,1-2H3,(H,22,24)(H,26,28);1-2H3. The molecule has 0 saturated heterocycles. The van der Waals surface area contributed by atoms with Gasteiger partial charge in [0, 0.05) is 37.7 Å². The van der Waals surface area contributed by atoms with Gasteiger partial charge in [-0.1, -0.05) is 25.6 Å². The summed E-state index contributed by atoms with van der Waals surface area (Å²) in [6.07, 6.45) is 2.69. The maximum atomic E-state index is 11.1. The molecule has 184 valence electrons. The molecule has 1 aliphatic rings. The molecule has 34 heavy (non-hydrogen) atoms. The number of fused-ring (bicyclic) bond motifs is 2. The molecule has 1 aliphatic heterocycles. The van der Waals surface area contributed by atoms with E-state index in [9.17, 15) is 4.79 Å². The van der Waals surface area contributed by atoms with Gasteiger partial charge in [0.05, 0.1) is 5.52 Å². The van der Waals surface area contributed by atoms with Gasteiger partial charge in [-0.15, -0.1) is 0 Å². The number of carbonyl (C=O) groups excluding carboxylic acids is 1. The first-order valence-corrected chi connectivity index (χ1v) is 12.2. The van der Waals surface area contributed by atoms with E-state index in [1.54, 1.807) is 23.4 Å². The van der Waals surface area contributed by atoms with Gasteiger partial charge in [0.1, 0.15) is 5.52 Å². The van der Waals surface area contributed by atoms with E-state index in [1.807, 2.05) is 46.0 Å². The van der Waals surface area contributed by atoms with E-state index in [-0.39, 0.29) is 19.1 Å². The van der Waals surface area contributed by atoms with Gasteiger partial charge in [0.15, 0.2) is 22.5 Å². The van der Waals surface area contributed by atoms with Crippen molar-refractivity contribution in [3.05, 3.63) is 30.0 Å². The van der Waals surface area contributed by atoms with E-state index in [0.29, 0.717) is 26.1 Å². The molecule has 1 aromatic carbocycles. The number of nitrogens with one attached hydrogen (secondary N) is 3. The minimum absolute atomic E-state index is 0.240. The first-order chi connectivity index (χ1) is 16.6. The second-order valence-electron chi connectivity index (χ2n) is 7.28. The Hall–Kier alpha value is -3.02. The minimum Gasteiger partial charge on any atom is -0.454 e. The number of amides is 1. The van der Waals surface area contributed by atoms with E-state index in [1.165, 1.54) is 0 Å². The van der Waals surface area contributed by atoms with Gasteiger partial charge in [-0.25, -0.2) is 15.4 Å². The number of aromatic nitrogens is 3. The predicted molar refractivity (Wildman–Crippen MR) is 132 cm³/mol. The Morgan fingerprint density at radius 3 is 2.74 bits per heavy atom. The number of benzene rings is 1. The number of aryl methyl sites for hydroxylation is 1. The predicted octanol–water partition coefficient (Wildman–Crippen LogP) is 3.56. The van der Waals surface area contributed by atoms with Crippen molar-refractivity contribution in [1.29, 1.82) is 0 Å². The number of hydroxylamine groups is 1. The summed E-state index contributed by atoms with van der Waals surface area (Å²) in [5.41, 5.74) is 4.55. The van der Waals surface area contributed by atoms with Gasteiger partial charge in [0.2, 0.25) is 12.7 Å². The molecule has 0 saturated carbocycles. The van der Waals surface area contributed by atoms with E-state index < -0.39 is 0 Å². The highest BCUT2D eigenvalue weighted by Crippen LogP contribution is 2.41. The molecule has 0 unspecified atom stereocenters. The van der Waals surface area contributed by atoms with Crippen LogP contribution in [0.15, 0.2) is 34.4 Å². The highest BCUT2D eigenvalue weighted by atomic mass is 32.2. The first-order valence-electron chi connectivity index (χ1n) is 11.4. The number of anilines is 1. The fraction of sp³-hybridized carbons (Fsp3) is 0.435. The molecule has 3 aromatic rings. The minimum atomic E-state index is -0.378. The molecule has 1 amide bonds.